The third kappa shape index (κ3) is 1.64. The first-order chi connectivity index (χ1) is 5.79. The Hall–Kier alpha value is -1.31. The predicted molar refractivity (Wildman–Crippen MR) is 49.7 cm³/mol. The van der Waals surface area contributed by atoms with Gasteiger partial charge < -0.3 is 5.32 Å². The molecule has 0 aliphatic carbocycles. The molecule has 0 aromatic rings. The molecule has 0 atom stereocenters. The molecule has 1 aliphatic rings. The molecule has 1 amide bonds. The number of hydrogen-bond donors (Lipinski definition) is 1. The van der Waals surface area contributed by atoms with Gasteiger partial charge in [0.1, 0.15) is 0 Å². The second-order valence-corrected chi connectivity index (χ2v) is 2.65. The Kier molecular flexibility index (Phi) is 2.86. The standard InChI is InChI=1S/C10H13NO/c1-3-5-8-6-7-11-10(12)9(8)4-2/h3-5H,2,6-7H2,1H3,(H,11,12)/b5-3-. The molecule has 12 heavy (non-hydrogen) atoms. The van der Waals surface area contributed by atoms with Gasteiger partial charge in [0.25, 0.3) is 5.91 Å². The van der Waals surface area contributed by atoms with Crippen LogP contribution in [0, 0.1) is 0 Å². The maximum atomic E-state index is 11.2. The summed E-state index contributed by atoms with van der Waals surface area (Å²) in [6.45, 7) is 6.29. The second-order valence-electron chi connectivity index (χ2n) is 2.65. The zero-order chi connectivity index (χ0) is 8.97. The summed E-state index contributed by atoms with van der Waals surface area (Å²) in [6.07, 6.45) is 6.43. The molecule has 64 valence electrons. The molecule has 2 nitrogen and oxygen atoms in total. The highest BCUT2D eigenvalue weighted by atomic mass is 16.1. The van der Waals surface area contributed by atoms with Gasteiger partial charge >= 0.3 is 0 Å². The van der Waals surface area contributed by atoms with Crippen LogP contribution in [0.25, 0.3) is 0 Å². The molecule has 0 unspecified atom stereocenters. The van der Waals surface area contributed by atoms with E-state index in [4.69, 9.17) is 0 Å². The highest BCUT2D eigenvalue weighted by Gasteiger charge is 2.14. The lowest BCUT2D eigenvalue weighted by atomic mass is 10.0. The molecule has 0 aromatic carbocycles. The number of rotatable bonds is 2. The molecule has 0 fully saturated rings. The average molecular weight is 163 g/mol. The van der Waals surface area contributed by atoms with Crippen LogP contribution in [0.4, 0.5) is 0 Å². The monoisotopic (exact) mass is 163 g/mol. The maximum absolute atomic E-state index is 11.2. The first-order valence-corrected chi connectivity index (χ1v) is 4.06. The van der Waals surface area contributed by atoms with E-state index in [-0.39, 0.29) is 5.91 Å². The van der Waals surface area contributed by atoms with Crippen molar-refractivity contribution in [3.05, 3.63) is 36.0 Å². The number of nitrogens with one attached hydrogen (secondary N) is 1. The minimum atomic E-state index is -0.00986. The Labute approximate surface area is 72.7 Å². The van der Waals surface area contributed by atoms with Crippen molar-refractivity contribution in [3.8, 4) is 0 Å². The van der Waals surface area contributed by atoms with E-state index in [0.717, 1.165) is 18.5 Å². The Balaban J connectivity index is 3.01. The molecule has 2 heteroatoms. The molecule has 0 bridgehead atoms. The summed E-state index contributed by atoms with van der Waals surface area (Å²) < 4.78 is 0. The van der Waals surface area contributed by atoms with Crippen molar-refractivity contribution in [2.75, 3.05) is 6.54 Å². The first-order valence-electron chi connectivity index (χ1n) is 4.06. The van der Waals surface area contributed by atoms with Crippen LogP contribution in [0.3, 0.4) is 0 Å². The molecular formula is C10H13NO. The van der Waals surface area contributed by atoms with Crippen LogP contribution in [0.2, 0.25) is 0 Å². The lowest BCUT2D eigenvalue weighted by Crippen LogP contribution is -2.30. The number of amides is 1. The van der Waals surface area contributed by atoms with Crippen molar-refractivity contribution in [1.82, 2.24) is 5.32 Å². The molecule has 1 rings (SSSR count). The zero-order valence-electron chi connectivity index (χ0n) is 7.26. The summed E-state index contributed by atoms with van der Waals surface area (Å²) >= 11 is 0. The average Bonchev–Trinajstić information content (AvgIpc) is 2.05. The SMILES string of the molecule is C=CC1=C(/C=C\C)CCNC1=O. The first kappa shape index (κ1) is 8.78. The van der Waals surface area contributed by atoms with Crippen molar-refractivity contribution in [1.29, 1.82) is 0 Å². The molecule has 0 saturated carbocycles. The number of hydrogen-bond acceptors (Lipinski definition) is 1. The van der Waals surface area contributed by atoms with Gasteiger partial charge in [0.15, 0.2) is 0 Å². The topological polar surface area (TPSA) is 29.1 Å². The molecule has 1 heterocycles. The predicted octanol–water partition coefficient (Wildman–Crippen LogP) is 1.56. The molecule has 1 N–H and O–H groups in total. The summed E-state index contributed by atoms with van der Waals surface area (Å²) in [7, 11) is 0. The Morgan fingerprint density at radius 1 is 1.58 bits per heavy atom. The third-order valence-electron chi connectivity index (χ3n) is 1.84. The highest BCUT2D eigenvalue weighted by Crippen LogP contribution is 2.15. The summed E-state index contributed by atoms with van der Waals surface area (Å²) in [5.41, 5.74) is 1.79. The Bertz CT molecular complexity index is 261. The van der Waals surface area contributed by atoms with Crippen LogP contribution in [-0.4, -0.2) is 12.5 Å². The van der Waals surface area contributed by atoms with Gasteiger partial charge in [-0.15, -0.1) is 0 Å². The van der Waals surface area contributed by atoms with E-state index >= 15 is 0 Å². The lowest BCUT2D eigenvalue weighted by molar-refractivity contribution is -0.117. The molecule has 0 aromatic heterocycles. The van der Waals surface area contributed by atoms with Crippen LogP contribution in [-0.2, 0) is 4.79 Å². The van der Waals surface area contributed by atoms with Gasteiger partial charge in [0.05, 0.1) is 0 Å². The number of carbonyl (C=O) groups is 1. The summed E-state index contributed by atoms with van der Waals surface area (Å²) in [5.74, 6) is -0.00986. The third-order valence-corrected chi connectivity index (χ3v) is 1.84. The van der Waals surface area contributed by atoms with Crippen molar-refractivity contribution in [2.45, 2.75) is 13.3 Å². The normalized spacial score (nSPS) is 18.2. The zero-order valence-corrected chi connectivity index (χ0v) is 7.26. The van der Waals surface area contributed by atoms with Gasteiger partial charge in [-0.3, -0.25) is 4.79 Å². The summed E-state index contributed by atoms with van der Waals surface area (Å²) in [6, 6.07) is 0. The van der Waals surface area contributed by atoms with Gasteiger partial charge in [-0.05, 0) is 18.9 Å². The largest absolute Gasteiger partial charge is 0.352 e. The smallest absolute Gasteiger partial charge is 0.251 e. The highest BCUT2D eigenvalue weighted by molar-refractivity contribution is 5.98. The van der Waals surface area contributed by atoms with Crippen molar-refractivity contribution in [3.63, 3.8) is 0 Å². The quantitative estimate of drug-likeness (QED) is 0.657. The van der Waals surface area contributed by atoms with Crippen molar-refractivity contribution in [2.24, 2.45) is 0 Å². The van der Waals surface area contributed by atoms with Gasteiger partial charge in [0, 0.05) is 12.1 Å². The Morgan fingerprint density at radius 3 is 2.92 bits per heavy atom. The fourth-order valence-electron chi connectivity index (χ4n) is 1.28. The minimum Gasteiger partial charge on any atom is -0.352 e. The molecular weight excluding hydrogens is 150 g/mol. The maximum Gasteiger partial charge on any atom is 0.251 e. The van der Waals surface area contributed by atoms with Crippen LogP contribution in [0.15, 0.2) is 36.0 Å². The van der Waals surface area contributed by atoms with E-state index < -0.39 is 0 Å². The Morgan fingerprint density at radius 2 is 2.33 bits per heavy atom. The van der Waals surface area contributed by atoms with Gasteiger partial charge in [-0.25, -0.2) is 0 Å². The van der Waals surface area contributed by atoms with Crippen LogP contribution in [0.5, 0.6) is 0 Å². The van der Waals surface area contributed by atoms with Crippen molar-refractivity contribution < 1.29 is 4.79 Å². The minimum absolute atomic E-state index is 0.00986. The van der Waals surface area contributed by atoms with Gasteiger partial charge in [-0.2, -0.15) is 0 Å². The number of allylic oxidation sites excluding steroid dienone is 2. The second kappa shape index (κ2) is 3.90. The van der Waals surface area contributed by atoms with E-state index in [1.165, 1.54) is 0 Å². The van der Waals surface area contributed by atoms with Gasteiger partial charge in [-0.1, -0.05) is 24.8 Å². The van der Waals surface area contributed by atoms with Gasteiger partial charge in [0.2, 0.25) is 0 Å². The number of carbonyl (C=O) groups excluding carboxylic acids is 1. The van der Waals surface area contributed by atoms with Crippen molar-refractivity contribution >= 4 is 5.91 Å². The fourth-order valence-corrected chi connectivity index (χ4v) is 1.28. The van der Waals surface area contributed by atoms with E-state index in [1.807, 2.05) is 19.1 Å². The molecule has 0 saturated heterocycles. The lowest BCUT2D eigenvalue weighted by Gasteiger charge is -2.15. The van der Waals surface area contributed by atoms with Crippen LogP contribution >= 0.6 is 0 Å². The van der Waals surface area contributed by atoms with E-state index in [2.05, 4.69) is 11.9 Å². The molecule has 0 spiro atoms. The van der Waals surface area contributed by atoms with Crippen LogP contribution < -0.4 is 5.32 Å². The summed E-state index contributed by atoms with van der Waals surface area (Å²) in [5, 5.41) is 2.77. The van der Waals surface area contributed by atoms with E-state index in [1.54, 1.807) is 6.08 Å². The molecule has 1 aliphatic heterocycles. The summed E-state index contributed by atoms with van der Waals surface area (Å²) in [4.78, 5) is 11.2. The van der Waals surface area contributed by atoms with Crippen LogP contribution in [0.1, 0.15) is 13.3 Å². The van der Waals surface area contributed by atoms with E-state index in [9.17, 15) is 4.79 Å². The molecule has 0 radical (unpaired) electrons. The fraction of sp³-hybridized carbons (Fsp3) is 0.300. The van der Waals surface area contributed by atoms with E-state index in [0.29, 0.717) is 5.57 Å².